The van der Waals surface area contributed by atoms with Crippen molar-refractivity contribution in [3.63, 3.8) is 0 Å². The Labute approximate surface area is 104 Å². The normalized spacial score (nSPS) is 23.5. The molecule has 1 saturated heterocycles. The average molecular weight is 264 g/mol. The molecule has 0 amide bonds. The number of rotatable bonds is 7. The maximum absolute atomic E-state index is 11.8. The molecule has 1 heterocycles. The Morgan fingerprint density at radius 1 is 1.35 bits per heavy atom. The third-order valence-electron chi connectivity index (χ3n) is 2.88. The Balaban J connectivity index is 2.29. The minimum absolute atomic E-state index is 0.0965. The summed E-state index contributed by atoms with van der Waals surface area (Å²) in [7, 11) is -1.34. The molecule has 102 valence electrons. The molecule has 2 N–H and O–H groups in total. The molecule has 0 bridgehead atoms. The lowest BCUT2D eigenvalue weighted by molar-refractivity contribution is 0.0304. The largest absolute Gasteiger partial charge is 0.377 e. The maximum Gasteiger partial charge on any atom is 0.214 e. The van der Waals surface area contributed by atoms with E-state index in [1.54, 1.807) is 0 Å². The Hall–Kier alpha value is -0.170. The summed E-state index contributed by atoms with van der Waals surface area (Å²) in [5, 5.41) is 3.03. The minimum Gasteiger partial charge on any atom is -0.377 e. The van der Waals surface area contributed by atoms with E-state index in [0.29, 0.717) is 19.1 Å². The van der Waals surface area contributed by atoms with Gasteiger partial charge in [-0.3, -0.25) is 0 Å². The predicted molar refractivity (Wildman–Crippen MR) is 68.5 cm³/mol. The van der Waals surface area contributed by atoms with Crippen molar-refractivity contribution in [3.8, 4) is 0 Å². The molecule has 17 heavy (non-hydrogen) atoms. The SMILES string of the molecule is CNC[C@H](C)CNS(=O)(=O)C[C@H]1CCCCO1. The molecule has 1 rings (SSSR count). The summed E-state index contributed by atoms with van der Waals surface area (Å²) in [4.78, 5) is 0. The van der Waals surface area contributed by atoms with Gasteiger partial charge in [0.15, 0.2) is 0 Å². The molecular weight excluding hydrogens is 240 g/mol. The summed E-state index contributed by atoms with van der Waals surface area (Å²) < 4.78 is 31.7. The van der Waals surface area contributed by atoms with E-state index < -0.39 is 10.0 Å². The van der Waals surface area contributed by atoms with E-state index in [9.17, 15) is 8.42 Å². The summed E-state index contributed by atoms with van der Waals surface area (Å²) in [5.41, 5.74) is 0. The number of hydrogen-bond acceptors (Lipinski definition) is 4. The fourth-order valence-electron chi connectivity index (χ4n) is 1.93. The molecule has 1 fully saturated rings. The van der Waals surface area contributed by atoms with Crippen molar-refractivity contribution >= 4 is 10.0 Å². The fourth-order valence-corrected chi connectivity index (χ4v) is 3.34. The minimum atomic E-state index is -3.20. The van der Waals surface area contributed by atoms with Crippen LogP contribution in [0.3, 0.4) is 0 Å². The number of ether oxygens (including phenoxy) is 1. The zero-order valence-electron chi connectivity index (χ0n) is 10.7. The van der Waals surface area contributed by atoms with Crippen LogP contribution >= 0.6 is 0 Å². The van der Waals surface area contributed by atoms with Crippen LogP contribution in [0.25, 0.3) is 0 Å². The van der Waals surface area contributed by atoms with E-state index >= 15 is 0 Å². The first-order chi connectivity index (χ1) is 8.03. The number of hydrogen-bond donors (Lipinski definition) is 2. The highest BCUT2D eigenvalue weighted by Gasteiger charge is 2.22. The van der Waals surface area contributed by atoms with Crippen molar-refractivity contribution in [2.24, 2.45) is 5.92 Å². The van der Waals surface area contributed by atoms with E-state index in [4.69, 9.17) is 4.74 Å². The molecule has 0 spiro atoms. The first-order valence-corrected chi connectivity index (χ1v) is 7.92. The Kier molecular flexibility index (Phi) is 6.40. The Morgan fingerprint density at radius 2 is 2.12 bits per heavy atom. The second-order valence-electron chi connectivity index (χ2n) is 4.78. The zero-order valence-corrected chi connectivity index (χ0v) is 11.6. The highest BCUT2D eigenvalue weighted by atomic mass is 32.2. The second-order valence-corrected chi connectivity index (χ2v) is 6.63. The molecule has 1 aliphatic rings. The van der Waals surface area contributed by atoms with Crippen LogP contribution in [0, 0.1) is 5.92 Å². The highest BCUT2D eigenvalue weighted by Crippen LogP contribution is 2.14. The van der Waals surface area contributed by atoms with Gasteiger partial charge in [0.05, 0.1) is 11.9 Å². The lowest BCUT2D eigenvalue weighted by Crippen LogP contribution is -2.38. The standard InChI is InChI=1S/C11H24N2O3S/c1-10(7-12-2)8-13-17(14,15)9-11-5-3-4-6-16-11/h10-13H,3-9H2,1-2H3/t10-,11+/m0/s1. The van der Waals surface area contributed by atoms with E-state index in [1.807, 2.05) is 14.0 Å². The lowest BCUT2D eigenvalue weighted by atomic mass is 10.1. The first-order valence-electron chi connectivity index (χ1n) is 6.27. The molecule has 0 aliphatic carbocycles. The summed E-state index contributed by atoms with van der Waals surface area (Å²) in [6.45, 7) is 3.99. The molecule has 6 heteroatoms. The van der Waals surface area contributed by atoms with Gasteiger partial charge < -0.3 is 10.1 Å². The smallest absolute Gasteiger partial charge is 0.214 e. The van der Waals surface area contributed by atoms with Crippen LogP contribution < -0.4 is 10.0 Å². The van der Waals surface area contributed by atoms with Gasteiger partial charge in [-0.15, -0.1) is 0 Å². The monoisotopic (exact) mass is 264 g/mol. The molecule has 2 atom stereocenters. The van der Waals surface area contributed by atoms with Crippen LogP contribution in [0.1, 0.15) is 26.2 Å². The number of nitrogens with one attached hydrogen (secondary N) is 2. The first kappa shape index (κ1) is 14.9. The van der Waals surface area contributed by atoms with Crippen LogP contribution in [-0.4, -0.2) is 47.0 Å². The van der Waals surface area contributed by atoms with Crippen LogP contribution in [0.2, 0.25) is 0 Å². The van der Waals surface area contributed by atoms with E-state index in [0.717, 1.165) is 25.8 Å². The van der Waals surface area contributed by atoms with Crippen LogP contribution in [0.4, 0.5) is 0 Å². The Morgan fingerprint density at radius 3 is 2.71 bits per heavy atom. The summed E-state index contributed by atoms with van der Waals surface area (Å²) in [6, 6.07) is 0. The quantitative estimate of drug-likeness (QED) is 0.695. The van der Waals surface area contributed by atoms with Crippen molar-refractivity contribution in [2.45, 2.75) is 32.3 Å². The average Bonchev–Trinajstić information content (AvgIpc) is 2.28. The van der Waals surface area contributed by atoms with Gasteiger partial charge in [-0.1, -0.05) is 6.92 Å². The van der Waals surface area contributed by atoms with Gasteiger partial charge in [0.1, 0.15) is 0 Å². The van der Waals surface area contributed by atoms with E-state index in [1.165, 1.54) is 0 Å². The van der Waals surface area contributed by atoms with Crippen molar-refractivity contribution in [1.82, 2.24) is 10.0 Å². The third-order valence-corrected chi connectivity index (χ3v) is 4.30. The van der Waals surface area contributed by atoms with Gasteiger partial charge in [-0.05, 0) is 38.8 Å². The van der Waals surface area contributed by atoms with Crippen LogP contribution in [-0.2, 0) is 14.8 Å². The van der Waals surface area contributed by atoms with E-state index in [-0.39, 0.29) is 11.9 Å². The predicted octanol–water partition coefficient (Wildman–Crippen LogP) is 0.330. The molecule has 0 radical (unpaired) electrons. The van der Waals surface area contributed by atoms with Crippen molar-refractivity contribution in [3.05, 3.63) is 0 Å². The van der Waals surface area contributed by atoms with Crippen molar-refractivity contribution in [1.29, 1.82) is 0 Å². The van der Waals surface area contributed by atoms with Gasteiger partial charge in [-0.25, -0.2) is 13.1 Å². The van der Waals surface area contributed by atoms with Gasteiger partial charge in [0, 0.05) is 13.2 Å². The molecule has 0 unspecified atom stereocenters. The second kappa shape index (κ2) is 7.31. The summed E-state index contributed by atoms with van der Waals surface area (Å²) in [5.74, 6) is 0.390. The van der Waals surface area contributed by atoms with Crippen LogP contribution in [0.5, 0.6) is 0 Å². The highest BCUT2D eigenvalue weighted by molar-refractivity contribution is 7.89. The molecule has 0 aromatic heterocycles. The van der Waals surface area contributed by atoms with Gasteiger partial charge in [0.25, 0.3) is 0 Å². The third kappa shape index (κ3) is 6.35. The molecule has 0 saturated carbocycles. The molecular formula is C11H24N2O3S. The van der Waals surface area contributed by atoms with Gasteiger partial charge in [-0.2, -0.15) is 0 Å². The van der Waals surface area contributed by atoms with Crippen LogP contribution in [0.15, 0.2) is 0 Å². The maximum atomic E-state index is 11.8. The fraction of sp³-hybridized carbons (Fsp3) is 1.00. The van der Waals surface area contributed by atoms with Crippen molar-refractivity contribution in [2.75, 3.05) is 32.5 Å². The summed E-state index contributed by atoms with van der Waals surface area (Å²) >= 11 is 0. The number of sulfonamides is 1. The molecule has 0 aromatic rings. The topological polar surface area (TPSA) is 67.4 Å². The Bertz CT molecular complexity index is 300. The van der Waals surface area contributed by atoms with Gasteiger partial charge >= 0.3 is 0 Å². The van der Waals surface area contributed by atoms with E-state index in [2.05, 4.69) is 10.0 Å². The summed E-state index contributed by atoms with van der Waals surface area (Å²) in [6.07, 6.45) is 2.84. The zero-order chi connectivity index (χ0) is 12.7. The van der Waals surface area contributed by atoms with Gasteiger partial charge in [0.2, 0.25) is 10.0 Å². The van der Waals surface area contributed by atoms with Crippen molar-refractivity contribution < 1.29 is 13.2 Å². The molecule has 0 aromatic carbocycles. The molecule has 1 aliphatic heterocycles. The lowest BCUT2D eigenvalue weighted by Gasteiger charge is -2.22. The molecule has 5 nitrogen and oxygen atoms in total.